The van der Waals surface area contributed by atoms with Crippen molar-refractivity contribution < 1.29 is 14.3 Å². The zero-order valence-corrected chi connectivity index (χ0v) is 11.9. The maximum atomic E-state index is 12.0. The lowest BCUT2D eigenvalue weighted by Crippen LogP contribution is -2.34. The standard InChI is InChI=1S/C16H18N2O3/c1-10-16(20)18-13-9-12(6-7-14(13)21-10)17-15(19)8-11-4-2-3-5-11/h2,4,6-7,9-11H,3,5,8H2,1H3,(H,17,19)(H,18,20)/t10-,11-/m0/s1. The fourth-order valence-electron chi connectivity index (χ4n) is 2.60. The Bertz CT molecular complexity index is 610. The molecule has 1 heterocycles. The van der Waals surface area contributed by atoms with Crippen molar-refractivity contribution in [1.82, 2.24) is 0 Å². The second-order valence-corrected chi connectivity index (χ2v) is 5.48. The lowest BCUT2D eigenvalue weighted by atomic mass is 10.0. The summed E-state index contributed by atoms with van der Waals surface area (Å²) in [5, 5.41) is 5.64. The van der Waals surface area contributed by atoms with E-state index in [4.69, 9.17) is 4.74 Å². The molecule has 0 spiro atoms. The summed E-state index contributed by atoms with van der Waals surface area (Å²) in [6.07, 6.45) is 6.31. The molecule has 2 N–H and O–H groups in total. The fourth-order valence-corrected chi connectivity index (χ4v) is 2.60. The summed E-state index contributed by atoms with van der Waals surface area (Å²) < 4.78 is 5.48. The van der Waals surface area contributed by atoms with E-state index in [1.54, 1.807) is 25.1 Å². The Hall–Kier alpha value is -2.30. The molecule has 1 aromatic carbocycles. The Balaban J connectivity index is 1.66. The van der Waals surface area contributed by atoms with Crippen LogP contribution in [0.25, 0.3) is 0 Å². The molecule has 0 saturated carbocycles. The predicted octanol–water partition coefficient (Wildman–Crippen LogP) is 2.70. The summed E-state index contributed by atoms with van der Waals surface area (Å²) in [4.78, 5) is 23.6. The van der Waals surface area contributed by atoms with Crippen molar-refractivity contribution >= 4 is 23.2 Å². The summed E-state index contributed by atoms with van der Waals surface area (Å²) in [6, 6.07) is 5.27. The van der Waals surface area contributed by atoms with E-state index in [1.165, 1.54) is 0 Å². The van der Waals surface area contributed by atoms with E-state index in [0.717, 1.165) is 12.8 Å². The topological polar surface area (TPSA) is 67.4 Å². The van der Waals surface area contributed by atoms with E-state index in [0.29, 0.717) is 29.5 Å². The van der Waals surface area contributed by atoms with Gasteiger partial charge in [0.05, 0.1) is 5.69 Å². The van der Waals surface area contributed by atoms with Crippen molar-refractivity contribution in [2.75, 3.05) is 10.6 Å². The third-order valence-electron chi connectivity index (χ3n) is 3.75. The lowest BCUT2D eigenvalue weighted by molar-refractivity contribution is -0.122. The summed E-state index contributed by atoms with van der Waals surface area (Å²) in [5.74, 6) is 0.773. The normalized spacial score (nSPS) is 23.2. The Labute approximate surface area is 123 Å². The van der Waals surface area contributed by atoms with Gasteiger partial charge in [-0.25, -0.2) is 0 Å². The van der Waals surface area contributed by atoms with E-state index in [-0.39, 0.29) is 11.8 Å². The van der Waals surface area contributed by atoms with E-state index >= 15 is 0 Å². The fraction of sp³-hybridized carbons (Fsp3) is 0.375. The van der Waals surface area contributed by atoms with Crippen molar-refractivity contribution in [3.8, 4) is 5.75 Å². The monoisotopic (exact) mass is 286 g/mol. The van der Waals surface area contributed by atoms with Crippen LogP contribution < -0.4 is 15.4 Å². The van der Waals surface area contributed by atoms with Crippen LogP contribution in [0.3, 0.4) is 0 Å². The molecule has 0 saturated heterocycles. The molecule has 2 amide bonds. The predicted molar refractivity (Wildman–Crippen MR) is 80.3 cm³/mol. The molecule has 1 aromatic rings. The van der Waals surface area contributed by atoms with Crippen LogP contribution in [0.4, 0.5) is 11.4 Å². The number of allylic oxidation sites excluding steroid dienone is 2. The van der Waals surface area contributed by atoms with Gasteiger partial charge in [-0.15, -0.1) is 0 Å². The maximum absolute atomic E-state index is 12.0. The molecular weight excluding hydrogens is 268 g/mol. The van der Waals surface area contributed by atoms with Crippen LogP contribution in [0.15, 0.2) is 30.4 Å². The van der Waals surface area contributed by atoms with E-state index in [1.807, 2.05) is 0 Å². The van der Waals surface area contributed by atoms with Gasteiger partial charge in [-0.3, -0.25) is 9.59 Å². The molecule has 0 aromatic heterocycles. The molecule has 1 aliphatic carbocycles. The molecule has 0 radical (unpaired) electrons. The summed E-state index contributed by atoms with van der Waals surface area (Å²) in [5.41, 5.74) is 1.26. The number of carbonyl (C=O) groups excluding carboxylic acids is 2. The van der Waals surface area contributed by atoms with Crippen molar-refractivity contribution in [3.63, 3.8) is 0 Å². The first kappa shape index (κ1) is 13.7. The molecule has 0 unspecified atom stereocenters. The number of hydrogen-bond acceptors (Lipinski definition) is 3. The molecule has 110 valence electrons. The van der Waals surface area contributed by atoms with E-state index < -0.39 is 6.10 Å². The van der Waals surface area contributed by atoms with Gasteiger partial charge in [0.25, 0.3) is 5.91 Å². The second-order valence-electron chi connectivity index (χ2n) is 5.48. The summed E-state index contributed by atoms with van der Waals surface area (Å²) in [6.45, 7) is 1.70. The van der Waals surface area contributed by atoms with Crippen LogP contribution in [0.1, 0.15) is 26.2 Å². The van der Waals surface area contributed by atoms with Gasteiger partial charge in [0.1, 0.15) is 5.75 Å². The number of carbonyl (C=O) groups is 2. The van der Waals surface area contributed by atoms with Gasteiger partial charge >= 0.3 is 0 Å². The minimum Gasteiger partial charge on any atom is -0.479 e. The molecule has 1 aliphatic heterocycles. The Kier molecular flexibility index (Phi) is 3.64. The molecular formula is C16H18N2O3. The quantitative estimate of drug-likeness (QED) is 0.839. The number of nitrogens with one attached hydrogen (secondary N) is 2. The number of anilines is 2. The van der Waals surface area contributed by atoms with Crippen LogP contribution in [-0.4, -0.2) is 17.9 Å². The highest BCUT2D eigenvalue weighted by Crippen LogP contribution is 2.32. The zero-order valence-electron chi connectivity index (χ0n) is 11.9. The molecule has 21 heavy (non-hydrogen) atoms. The van der Waals surface area contributed by atoms with Crippen LogP contribution in [0, 0.1) is 5.92 Å². The Morgan fingerprint density at radius 3 is 3.10 bits per heavy atom. The Morgan fingerprint density at radius 2 is 2.33 bits per heavy atom. The first-order valence-electron chi connectivity index (χ1n) is 7.20. The molecule has 2 aliphatic rings. The van der Waals surface area contributed by atoms with Crippen molar-refractivity contribution in [2.24, 2.45) is 5.92 Å². The van der Waals surface area contributed by atoms with E-state index in [2.05, 4.69) is 22.8 Å². The average molecular weight is 286 g/mol. The second kappa shape index (κ2) is 5.60. The highest BCUT2D eigenvalue weighted by Gasteiger charge is 2.23. The first-order chi connectivity index (χ1) is 10.1. The number of hydrogen-bond donors (Lipinski definition) is 2. The number of amides is 2. The number of benzene rings is 1. The number of fused-ring (bicyclic) bond motifs is 1. The summed E-state index contributed by atoms with van der Waals surface area (Å²) >= 11 is 0. The zero-order chi connectivity index (χ0) is 14.8. The van der Waals surface area contributed by atoms with Gasteiger partial charge < -0.3 is 15.4 Å². The number of rotatable bonds is 3. The van der Waals surface area contributed by atoms with Gasteiger partial charge in [-0.2, -0.15) is 0 Å². The van der Waals surface area contributed by atoms with E-state index in [9.17, 15) is 9.59 Å². The smallest absolute Gasteiger partial charge is 0.265 e. The highest BCUT2D eigenvalue weighted by atomic mass is 16.5. The number of ether oxygens (including phenoxy) is 1. The third kappa shape index (κ3) is 3.07. The maximum Gasteiger partial charge on any atom is 0.265 e. The average Bonchev–Trinajstić information content (AvgIpc) is 2.93. The van der Waals surface area contributed by atoms with Gasteiger partial charge in [0.2, 0.25) is 5.91 Å². The van der Waals surface area contributed by atoms with Crippen LogP contribution >= 0.6 is 0 Å². The SMILES string of the molecule is C[C@@H]1Oc2ccc(NC(=O)C[C@H]3C=CCC3)cc2NC1=O. The van der Waals surface area contributed by atoms with Crippen LogP contribution in [-0.2, 0) is 9.59 Å². The molecule has 2 atom stereocenters. The third-order valence-corrected chi connectivity index (χ3v) is 3.75. The molecule has 5 nitrogen and oxygen atoms in total. The minimum atomic E-state index is -0.493. The van der Waals surface area contributed by atoms with Gasteiger partial charge in [-0.05, 0) is 43.9 Å². The lowest BCUT2D eigenvalue weighted by Gasteiger charge is -2.23. The highest BCUT2D eigenvalue weighted by molar-refractivity contribution is 5.99. The van der Waals surface area contributed by atoms with Crippen molar-refractivity contribution in [1.29, 1.82) is 0 Å². The molecule has 0 fully saturated rings. The first-order valence-corrected chi connectivity index (χ1v) is 7.20. The van der Waals surface area contributed by atoms with Crippen LogP contribution in [0.5, 0.6) is 5.75 Å². The van der Waals surface area contributed by atoms with Gasteiger partial charge in [0.15, 0.2) is 6.10 Å². The molecule has 5 heteroatoms. The van der Waals surface area contributed by atoms with Crippen molar-refractivity contribution in [3.05, 3.63) is 30.4 Å². The Morgan fingerprint density at radius 1 is 1.48 bits per heavy atom. The molecule has 3 rings (SSSR count). The van der Waals surface area contributed by atoms with Crippen molar-refractivity contribution in [2.45, 2.75) is 32.3 Å². The summed E-state index contributed by atoms with van der Waals surface area (Å²) in [7, 11) is 0. The van der Waals surface area contributed by atoms with Gasteiger partial charge in [-0.1, -0.05) is 12.2 Å². The molecule has 0 bridgehead atoms. The van der Waals surface area contributed by atoms with Gasteiger partial charge in [0, 0.05) is 12.1 Å². The minimum absolute atomic E-state index is 0.0112. The van der Waals surface area contributed by atoms with Crippen LogP contribution in [0.2, 0.25) is 0 Å². The largest absolute Gasteiger partial charge is 0.479 e.